The maximum atomic E-state index is 6.63. The maximum absolute atomic E-state index is 6.63. The minimum absolute atomic E-state index is 0.897. The fraction of sp³-hybridized carbons (Fsp3) is 0. The van der Waals surface area contributed by atoms with Crippen molar-refractivity contribution in [3.8, 4) is 33.4 Å². The molecule has 0 fully saturated rings. The zero-order chi connectivity index (χ0) is 36.3. The van der Waals surface area contributed by atoms with Gasteiger partial charge < -0.3 is 13.7 Å². The van der Waals surface area contributed by atoms with E-state index < -0.39 is 0 Å². The Balaban J connectivity index is 0.976. The van der Waals surface area contributed by atoms with Crippen molar-refractivity contribution in [1.29, 1.82) is 0 Å². The summed E-state index contributed by atoms with van der Waals surface area (Å²) in [6.45, 7) is 0. The first-order valence-electron chi connectivity index (χ1n) is 18.7. The molecule has 3 heteroatoms. The highest BCUT2D eigenvalue weighted by Gasteiger charge is 2.18. The number of furan rings is 2. The molecule has 55 heavy (non-hydrogen) atoms. The van der Waals surface area contributed by atoms with Crippen molar-refractivity contribution < 1.29 is 8.83 Å². The van der Waals surface area contributed by atoms with Gasteiger partial charge in [0.1, 0.15) is 22.3 Å². The Morgan fingerprint density at radius 1 is 0.273 bits per heavy atom. The zero-order valence-corrected chi connectivity index (χ0v) is 29.8. The van der Waals surface area contributed by atoms with Crippen LogP contribution in [0.2, 0.25) is 0 Å². The van der Waals surface area contributed by atoms with E-state index in [1.165, 1.54) is 16.5 Å². The van der Waals surface area contributed by atoms with E-state index >= 15 is 0 Å². The third-order valence-corrected chi connectivity index (χ3v) is 10.9. The first-order chi connectivity index (χ1) is 27.2. The van der Waals surface area contributed by atoms with E-state index in [-0.39, 0.29) is 0 Å². The highest BCUT2D eigenvalue weighted by Crippen LogP contribution is 2.42. The third kappa shape index (κ3) is 5.28. The van der Waals surface area contributed by atoms with E-state index in [0.29, 0.717) is 0 Å². The van der Waals surface area contributed by atoms with Gasteiger partial charge in [-0.2, -0.15) is 0 Å². The van der Waals surface area contributed by atoms with Crippen LogP contribution in [0.5, 0.6) is 0 Å². The fourth-order valence-corrected chi connectivity index (χ4v) is 8.17. The van der Waals surface area contributed by atoms with Crippen molar-refractivity contribution in [2.24, 2.45) is 0 Å². The quantitative estimate of drug-likeness (QED) is 0.173. The van der Waals surface area contributed by atoms with E-state index in [1.807, 2.05) is 18.2 Å². The Kier molecular flexibility index (Phi) is 7.17. The predicted octanol–water partition coefficient (Wildman–Crippen LogP) is 15.1. The Morgan fingerprint density at radius 3 is 1.56 bits per heavy atom. The number of benzene rings is 9. The van der Waals surface area contributed by atoms with Crippen LogP contribution in [0.25, 0.3) is 88.0 Å². The molecule has 0 aliphatic rings. The molecule has 0 amide bonds. The van der Waals surface area contributed by atoms with Crippen LogP contribution in [0.15, 0.2) is 209 Å². The third-order valence-electron chi connectivity index (χ3n) is 10.9. The van der Waals surface area contributed by atoms with Gasteiger partial charge in [0.25, 0.3) is 0 Å². The second-order valence-corrected chi connectivity index (χ2v) is 14.1. The first-order valence-corrected chi connectivity index (χ1v) is 18.7. The molecule has 0 saturated carbocycles. The molecule has 0 spiro atoms. The van der Waals surface area contributed by atoms with Crippen LogP contribution < -0.4 is 4.90 Å². The van der Waals surface area contributed by atoms with Crippen molar-refractivity contribution in [3.05, 3.63) is 200 Å². The van der Waals surface area contributed by atoms with E-state index in [0.717, 1.165) is 88.6 Å². The molecule has 0 saturated heterocycles. The largest absolute Gasteiger partial charge is 0.456 e. The normalized spacial score (nSPS) is 11.6. The highest BCUT2D eigenvalue weighted by molar-refractivity contribution is 6.19. The summed E-state index contributed by atoms with van der Waals surface area (Å²) in [5, 5.41) is 6.80. The van der Waals surface area contributed by atoms with E-state index in [9.17, 15) is 0 Å². The molecule has 0 unspecified atom stereocenters. The molecule has 258 valence electrons. The molecule has 0 radical (unpaired) electrons. The average Bonchev–Trinajstić information content (AvgIpc) is 3.82. The monoisotopic (exact) mass is 703 g/mol. The Hall–Kier alpha value is -7.36. The number of hydrogen-bond acceptors (Lipinski definition) is 3. The lowest BCUT2D eigenvalue weighted by Crippen LogP contribution is -2.09. The van der Waals surface area contributed by atoms with Crippen molar-refractivity contribution in [3.63, 3.8) is 0 Å². The van der Waals surface area contributed by atoms with Gasteiger partial charge in [0, 0.05) is 44.0 Å². The molecule has 9 aromatic carbocycles. The summed E-state index contributed by atoms with van der Waals surface area (Å²) >= 11 is 0. The summed E-state index contributed by atoms with van der Waals surface area (Å²) in [4.78, 5) is 2.32. The van der Waals surface area contributed by atoms with Gasteiger partial charge in [-0.3, -0.25) is 0 Å². The van der Waals surface area contributed by atoms with Crippen LogP contribution in [-0.2, 0) is 0 Å². The Bertz CT molecular complexity index is 3180. The summed E-state index contributed by atoms with van der Waals surface area (Å²) < 4.78 is 12.7. The number of para-hydroxylation sites is 2. The predicted molar refractivity (Wildman–Crippen MR) is 229 cm³/mol. The molecule has 0 N–H and O–H groups in total. The molecule has 0 aliphatic heterocycles. The smallest absolute Gasteiger partial charge is 0.143 e. The summed E-state index contributed by atoms with van der Waals surface area (Å²) in [5.74, 6) is 0. The maximum Gasteiger partial charge on any atom is 0.143 e. The van der Waals surface area contributed by atoms with Crippen LogP contribution in [0, 0.1) is 0 Å². The standard InChI is InChI=1S/C52H33NO2/c1-3-11-34(12-4-1)38-23-29-44-48-33-46(42-15-7-8-17-45(42)52(48)55-51(44)32-38)36-21-27-41(28-22-36)53(39-13-5-2-6-14-39)40-25-19-35(20-26-40)37-24-30-50-47(31-37)43-16-9-10-18-49(43)54-50/h1-33H. The minimum atomic E-state index is 0.897. The molecule has 0 bridgehead atoms. The molecule has 0 aliphatic carbocycles. The lowest BCUT2D eigenvalue weighted by molar-refractivity contribution is 0.669. The number of hydrogen-bond donors (Lipinski definition) is 0. The molecule has 2 heterocycles. The van der Waals surface area contributed by atoms with Gasteiger partial charge in [0.2, 0.25) is 0 Å². The zero-order valence-electron chi connectivity index (χ0n) is 29.8. The topological polar surface area (TPSA) is 29.5 Å². The number of fused-ring (bicyclic) bond motifs is 8. The number of anilines is 3. The van der Waals surface area contributed by atoms with Gasteiger partial charge in [-0.1, -0.05) is 127 Å². The molecule has 3 nitrogen and oxygen atoms in total. The van der Waals surface area contributed by atoms with E-state index in [2.05, 4.69) is 187 Å². The molecular weight excluding hydrogens is 671 g/mol. The summed E-state index contributed by atoms with van der Waals surface area (Å²) in [7, 11) is 0. The Morgan fingerprint density at radius 2 is 0.800 bits per heavy atom. The summed E-state index contributed by atoms with van der Waals surface area (Å²) in [6, 6.07) is 71.0. The van der Waals surface area contributed by atoms with Crippen LogP contribution in [0.4, 0.5) is 17.1 Å². The molecule has 11 rings (SSSR count). The second kappa shape index (κ2) is 12.6. The summed E-state index contributed by atoms with van der Waals surface area (Å²) in [5.41, 5.74) is 13.9. The van der Waals surface area contributed by atoms with Crippen LogP contribution in [0.1, 0.15) is 0 Å². The van der Waals surface area contributed by atoms with E-state index in [4.69, 9.17) is 8.83 Å². The van der Waals surface area contributed by atoms with Gasteiger partial charge in [-0.25, -0.2) is 0 Å². The molecule has 11 aromatic rings. The van der Waals surface area contributed by atoms with Crippen molar-refractivity contribution >= 4 is 71.7 Å². The van der Waals surface area contributed by atoms with Crippen molar-refractivity contribution in [1.82, 2.24) is 0 Å². The SMILES string of the molecule is c1ccc(-c2ccc3c(c2)oc2c4ccccc4c(-c4ccc(N(c5ccccc5)c5ccc(-c6ccc7oc8ccccc8c7c6)cc5)cc4)cc32)cc1. The molecular formula is C52H33NO2. The highest BCUT2D eigenvalue weighted by atomic mass is 16.3. The average molecular weight is 704 g/mol. The van der Waals surface area contributed by atoms with Crippen molar-refractivity contribution in [2.75, 3.05) is 4.90 Å². The Labute approximate surface area is 317 Å². The molecule has 2 aromatic heterocycles. The minimum Gasteiger partial charge on any atom is -0.456 e. The molecule has 0 atom stereocenters. The van der Waals surface area contributed by atoms with Gasteiger partial charge in [0.05, 0.1) is 0 Å². The lowest BCUT2D eigenvalue weighted by Gasteiger charge is -2.26. The fourth-order valence-electron chi connectivity index (χ4n) is 8.17. The van der Waals surface area contributed by atoms with Crippen LogP contribution in [0.3, 0.4) is 0 Å². The van der Waals surface area contributed by atoms with E-state index in [1.54, 1.807) is 0 Å². The number of rotatable bonds is 6. The van der Waals surface area contributed by atoms with Gasteiger partial charge in [-0.15, -0.1) is 0 Å². The van der Waals surface area contributed by atoms with Crippen LogP contribution in [-0.4, -0.2) is 0 Å². The number of nitrogens with zero attached hydrogens (tertiary/aromatic N) is 1. The summed E-state index contributed by atoms with van der Waals surface area (Å²) in [6.07, 6.45) is 0. The lowest BCUT2D eigenvalue weighted by atomic mass is 9.95. The van der Waals surface area contributed by atoms with Crippen molar-refractivity contribution in [2.45, 2.75) is 0 Å². The van der Waals surface area contributed by atoms with Crippen LogP contribution >= 0.6 is 0 Å². The first kappa shape index (κ1) is 31.2. The second-order valence-electron chi connectivity index (χ2n) is 14.1. The van der Waals surface area contributed by atoms with Gasteiger partial charge in [0.15, 0.2) is 0 Å². The van der Waals surface area contributed by atoms with Gasteiger partial charge in [-0.05, 0) is 112 Å². The van der Waals surface area contributed by atoms with Gasteiger partial charge >= 0.3 is 0 Å².